The summed E-state index contributed by atoms with van der Waals surface area (Å²) in [5.74, 6) is 0. The number of halogens is 1. The molecular weight excluding hydrogens is 238 g/mol. The van der Waals surface area contributed by atoms with E-state index < -0.39 is 8.32 Å². The van der Waals surface area contributed by atoms with Gasteiger partial charge in [0, 0.05) is 0 Å². The minimum atomic E-state index is -1.76. The first-order valence-corrected chi connectivity index (χ1v) is 9.47. The number of rotatable bonds is 2. The van der Waals surface area contributed by atoms with E-state index in [4.69, 9.17) is 16.1 Å². The van der Waals surface area contributed by atoms with Crippen molar-refractivity contribution in [1.29, 1.82) is 0 Å². The number of nitrogens with zero attached hydrogens (tertiary/aromatic N) is 1. The molecule has 1 unspecified atom stereocenters. The van der Waals surface area contributed by atoms with E-state index in [1.165, 1.54) is 12.8 Å². The van der Waals surface area contributed by atoms with Gasteiger partial charge in [0.25, 0.3) is 8.32 Å². The molecule has 0 spiro atoms. The van der Waals surface area contributed by atoms with Crippen molar-refractivity contribution in [2.75, 3.05) is 0 Å². The van der Waals surface area contributed by atoms with E-state index in [0.717, 1.165) is 18.6 Å². The highest BCUT2D eigenvalue weighted by Crippen LogP contribution is 2.37. The lowest BCUT2D eigenvalue weighted by atomic mass is 9.98. The van der Waals surface area contributed by atoms with Gasteiger partial charge in [-0.15, -0.1) is 16.8 Å². The summed E-state index contributed by atoms with van der Waals surface area (Å²) in [6.07, 6.45) is 4.46. The lowest BCUT2D eigenvalue weighted by molar-refractivity contribution is 0.304. The Balaban J connectivity index is 2.64. The zero-order valence-electron chi connectivity index (χ0n) is 11.1. The van der Waals surface area contributed by atoms with Crippen molar-refractivity contribution < 1.29 is 4.53 Å². The van der Waals surface area contributed by atoms with Gasteiger partial charge in [0.2, 0.25) is 0 Å². The van der Waals surface area contributed by atoms with Crippen LogP contribution in [-0.4, -0.2) is 19.4 Å². The molecule has 1 saturated carbocycles. The predicted molar refractivity (Wildman–Crippen MR) is 73.8 cm³/mol. The molecule has 0 amide bonds. The van der Waals surface area contributed by atoms with Crippen LogP contribution in [0.1, 0.15) is 46.5 Å². The summed E-state index contributed by atoms with van der Waals surface area (Å²) in [5.41, 5.74) is 1.05. The lowest BCUT2D eigenvalue weighted by Crippen LogP contribution is -2.39. The zero-order valence-corrected chi connectivity index (χ0v) is 12.9. The summed E-state index contributed by atoms with van der Waals surface area (Å²) in [5, 5.41) is 4.65. The summed E-state index contributed by atoms with van der Waals surface area (Å²) < 4.78 is 5.85. The van der Waals surface area contributed by atoms with Crippen molar-refractivity contribution in [2.24, 2.45) is 5.16 Å². The number of alkyl halides is 1. The third-order valence-corrected chi connectivity index (χ3v) is 8.33. The molecule has 0 aromatic rings. The maximum atomic E-state index is 6.23. The Kier molecular flexibility index (Phi) is 4.47. The van der Waals surface area contributed by atoms with Gasteiger partial charge >= 0.3 is 0 Å². The smallest absolute Gasteiger partial charge is 0.286 e. The van der Waals surface area contributed by atoms with Crippen molar-refractivity contribution in [2.45, 2.75) is 70.0 Å². The first-order valence-electron chi connectivity index (χ1n) is 6.13. The molecule has 0 aromatic carbocycles. The monoisotopic (exact) mass is 261 g/mol. The highest BCUT2D eigenvalue weighted by Gasteiger charge is 2.40. The van der Waals surface area contributed by atoms with Gasteiger partial charge in [-0.1, -0.05) is 27.2 Å². The van der Waals surface area contributed by atoms with E-state index in [9.17, 15) is 0 Å². The molecule has 1 rings (SSSR count). The van der Waals surface area contributed by atoms with Crippen LogP contribution >= 0.6 is 11.6 Å². The average molecular weight is 262 g/mol. The van der Waals surface area contributed by atoms with Crippen molar-refractivity contribution >= 4 is 25.6 Å². The fraction of sp³-hybridized carbons (Fsp3) is 0.917. The van der Waals surface area contributed by atoms with Gasteiger partial charge in [0.05, 0.1) is 11.1 Å². The second-order valence-electron chi connectivity index (χ2n) is 6.15. The van der Waals surface area contributed by atoms with E-state index in [0.29, 0.717) is 0 Å². The van der Waals surface area contributed by atoms with Gasteiger partial charge in [-0.05, 0) is 37.4 Å². The molecule has 1 aliphatic carbocycles. The molecule has 0 N–H and O–H groups in total. The normalized spacial score (nSPS) is 25.9. The predicted octanol–water partition coefficient (Wildman–Crippen LogP) is 4.55. The molecule has 0 aromatic heterocycles. The third-order valence-electron chi connectivity index (χ3n) is 3.70. The van der Waals surface area contributed by atoms with Gasteiger partial charge in [0.1, 0.15) is 0 Å². The first kappa shape index (κ1) is 14.0. The van der Waals surface area contributed by atoms with Crippen molar-refractivity contribution in [3.63, 3.8) is 0 Å². The summed E-state index contributed by atoms with van der Waals surface area (Å²) >= 11 is 6.23. The quantitative estimate of drug-likeness (QED) is 0.406. The molecule has 1 aliphatic rings. The maximum absolute atomic E-state index is 6.23. The van der Waals surface area contributed by atoms with Crippen LogP contribution in [-0.2, 0) is 4.53 Å². The largest absolute Gasteiger partial charge is 0.455 e. The molecule has 0 bridgehead atoms. The van der Waals surface area contributed by atoms with Crippen LogP contribution in [0.2, 0.25) is 18.1 Å². The molecule has 1 atom stereocenters. The van der Waals surface area contributed by atoms with E-state index in [2.05, 4.69) is 39.0 Å². The standard InChI is InChI=1S/C12H24ClNOSi/c1-12(2,3)16(4,5)15-14-11-9-7-6-8-10(11)13/h10H,6-9H2,1-5H3/b14-11-. The van der Waals surface area contributed by atoms with Gasteiger partial charge < -0.3 is 4.53 Å². The number of hydrogen-bond acceptors (Lipinski definition) is 2. The molecule has 4 heteroatoms. The second kappa shape index (κ2) is 5.09. The van der Waals surface area contributed by atoms with Crippen LogP contribution in [0.4, 0.5) is 0 Å². The summed E-state index contributed by atoms with van der Waals surface area (Å²) in [4.78, 5) is 0. The van der Waals surface area contributed by atoms with Crippen molar-refractivity contribution in [1.82, 2.24) is 0 Å². The van der Waals surface area contributed by atoms with Crippen LogP contribution in [0.5, 0.6) is 0 Å². The lowest BCUT2D eigenvalue weighted by Gasteiger charge is -2.34. The molecule has 2 nitrogen and oxygen atoms in total. The molecular formula is C12H24ClNOSi. The second-order valence-corrected chi connectivity index (χ2v) is 11.4. The van der Waals surface area contributed by atoms with Gasteiger partial charge in [-0.25, -0.2) is 0 Å². The summed E-state index contributed by atoms with van der Waals surface area (Å²) in [6.45, 7) is 11.1. The van der Waals surface area contributed by atoms with E-state index in [1.54, 1.807) is 0 Å². The molecule has 94 valence electrons. The Morgan fingerprint density at radius 2 is 1.94 bits per heavy atom. The van der Waals surface area contributed by atoms with Crippen LogP contribution in [0.15, 0.2) is 5.16 Å². The van der Waals surface area contributed by atoms with E-state index in [-0.39, 0.29) is 10.4 Å². The first-order chi connectivity index (χ1) is 7.24. The molecule has 0 aliphatic heterocycles. The Labute approximate surface area is 106 Å². The third kappa shape index (κ3) is 3.49. The number of oxime groups is 1. The molecule has 1 fully saturated rings. The molecule has 0 radical (unpaired) electrons. The molecule has 16 heavy (non-hydrogen) atoms. The van der Waals surface area contributed by atoms with Crippen molar-refractivity contribution in [3.05, 3.63) is 0 Å². The Morgan fingerprint density at radius 3 is 2.44 bits per heavy atom. The zero-order chi connectivity index (χ0) is 12.4. The van der Waals surface area contributed by atoms with Crippen LogP contribution in [0, 0.1) is 0 Å². The highest BCUT2D eigenvalue weighted by molar-refractivity contribution is 6.74. The van der Waals surface area contributed by atoms with Crippen LogP contribution in [0.25, 0.3) is 0 Å². The topological polar surface area (TPSA) is 21.6 Å². The number of hydrogen-bond donors (Lipinski definition) is 0. The van der Waals surface area contributed by atoms with Crippen LogP contribution < -0.4 is 0 Å². The SMILES string of the molecule is CC(C)(C)[Si](C)(C)O/N=C1/CCCCC1Cl. The van der Waals surface area contributed by atoms with Crippen LogP contribution in [0.3, 0.4) is 0 Å². The maximum Gasteiger partial charge on any atom is 0.286 e. The fourth-order valence-electron chi connectivity index (χ4n) is 1.37. The minimum absolute atomic E-state index is 0.0959. The van der Waals surface area contributed by atoms with E-state index in [1.807, 2.05) is 0 Å². The van der Waals surface area contributed by atoms with Gasteiger partial charge in [-0.3, -0.25) is 0 Å². The van der Waals surface area contributed by atoms with E-state index >= 15 is 0 Å². The Hall–Kier alpha value is -0.0231. The summed E-state index contributed by atoms with van der Waals surface area (Å²) in [6, 6.07) is 0. The molecule has 0 saturated heterocycles. The highest BCUT2D eigenvalue weighted by atomic mass is 35.5. The Bertz CT molecular complexity index is 271. The van der Waals surface area contributed by atoms with Gasteiger partial charge in [-0.2, -0.15) is 0 Å². The fourth-order valence-corrected chi connectivity index (χ4v) is 2.29. The molecule has 0 heterocycles. The van der Waals surface area contributed by atoms with Crippen molar-refractivity contribution in [3.8, 4) is 0 Å². The average Bonchev–Trinajstić information content (AvgIpc) is 2.15. The Morgan fingerprint density at radius 1 is 1.31 bits per heavy atom. The summed E-state index contributed by atoms with van der Waals surface area (Å²) in [7, 11) is -1.76. The van der Waals surface area contributed by atoms with Gasteiger partial charge in [0.15, 0.2) is 0 Å². The minimum Gasteiger partial charge on any atom is -0.455 e.